The first kappa shape index (κ1) is 20.0. The number of aromatic nitrogens is 2. The van der Waals surface area contributed by atoms with Gasteiger partial charge in [-0.05, 0) is 30.3 Å². The van der Waals surface area contributed by atoms with E-state index in [4.69, 9.17) is 9.47 Å². The lowest BCUT2D eigenvalue weighted by Gasteiger charge is -2.11. The highest BCUT2D eigenvalue weighted by molar-refractivity contribution is 7.91. The predicted octanol–water partition coefficient (Wildman–Crippen LogP) is 2.19. The summed E-state index contributed by atoms with van der Waals surface area (Å²) in [6, 6.07) is 10.1. The van der Waals surface area contributed by atoms with Crippen LogP contribution in [0.3, 0.4) is 0 Å². The molecule has 1 amide bonds. The highest BCUT2D eigenvalue weighted by atomic mass is 32.2. The minimum atomic E-state index is -3.66. The quantitative estimate of drug-likeness (QED) is 0.594. The van der Waals surface area contributed by atoms with E-state index < -0.39 is 9.84 Å². The van der Waals surface area contributed by atoms with Gasteiger partial charge in [-0.15, -0.1) is 0 Å². The fraction of sp³-hybridized carbons (Fsp3) is 0.278. The molecule has 0 unspecified atom stereocenters. The molecule has 8 nitrogen and oxygen atoms in total. The first-order valence-corrected chi connectivity index (χ1v) is 10.7. The summed E-state index contributed by atoms with van der Waals surface area (Å²) in [5.41, 5.74) is 1.60. The SMILES string of the molecule is COc1ccc(OC)c(CNC(=O)CCS(=O)(=O)c2cccc3nsnc23)c1. The van der Waals surface area contributed by atoms with E-state index in [2.05, 4.69) is 14.1 Å². The van der Waals surface area contributed by atoms with Crippen molar-refractivity contribution in [2.75, 3.05) is 20.0 Å². The van der Waals surface area contributed by atoms with E-state index in [0.717, 1.165) is 17.3 Å². The Hall–Kier alpha value is -2.72. The van der Waals surface area contributed by atoms with Crippen molar-refractivity contribution in [3.05, 3.63) is 42.0 Å². The molecule has 0 spiro atoms. The molecular formula is C18H19N3O5S2. The number of methoxy groups -OCH3 is 2. The van der Waals surface area contributed by atoms with Gasteiger partial charge in [0.2, 0.25) is 5.91 Å². The van der Waals surface area contributed by atoms with Crippen LogP contribution in [0.5, 0.6) is 11.5 Å². The number of hydrogen-bond acceptors (Lipinski definition) is 8. The van der Waals surface area contributed by atoms with Crippen LogP contribution in [-0.4, -0.2) is 43.0 Å². The Morgan fingerprint density at radius 3 is 2.71 bits per heavy atom. The van der Waals surface area contributed by atoms with Crippen molar-refractivity contribution in [3.8, 4) is 11.5 Å². The second-order valence-electron chi connectivity index (χ2n) is 5.91. The van der Waals surface area contributed by atoms with E-state index in [1.807, 2.05) is 0 Å². The molecule has 3 aromatic rings. The lowest BCUT2D eigenvalue weighted by atomic mass is 10.2. The molecule has 1 N–H and O–H groups in total. The van der Waals surface area contributed by atoms with Gasteiger partial charge in [0, 0.05) is 18.5 Å². The van der Waals surface area contributed by atoms with E-state index in [1.165, 1.54) is 13.2 Å². The largest absolute Gasteiger partial charge is 0.497 e. The molecule has 0 saturated heterocycles. The van der Waals surface area contributed by atoms with E-state index >= 15 is 0 Å². The maximum absolute atomic E-state index is 12.6. The Bertz CT molecular complexity index is 1100. The number of benzene rings is 2. The summed E-state index contributed by atoms with van der Waals surface area (Å²) in [4.78, 5) is 12.3. The molecule has 0 radical (unpaired) electrons. The average molecular weight is 422 g/mol. The molecule has 0 saturated carbocycles. The summed E-state index contributed by atoms with van der Waals surface area (Å²) in [5, 5.41) is 2.72. The summed E-state index contributed by atoms with van der Waals surface area (Å²) in [6.07, 6.45) is -0.164. The van der Waals surface area contributed by atoms with Gasteiger partial charge < -0.3 is 14.8 Å². The maximum atomic E-state index is 12.6. The number of sulfone groups is 1. The number of carbonyl (C=O) groups excluding carboxylic acids is 1. The minimum Gasteiger partial charge on any atom is -0.497 e. The normalized spacial score (nSPS) is 11.4. The lowest BCUT2D eigenvalue weighted by molar-refractivity contribution is -0.120. The Balaban J connectivity index is 1.64. The fourth-order valence-electron chi connectivity index (χ4n) is 2.67. The minimum absolute atomic E-state index is 0.0982. The van der Waals surface area contributed by atoms with Crippen molar-refractivity contribution in [2.45, 2.75) is 17.9 Å². The molecule has 0 atom stereocenters. The number of fused-ring (bicyclic) bond motifs is 1. The Labute approximate surface area is 166 Å². The van der Waals surface area contributed by atoms with Crippen molar-refractivity contribution < 1.29 is 22.7 Å². The van der Waals surface area contributed by atoms with Gasteiger partial charge in [-0.3, -0.25) is 4.79 Å². The fourth-order valence-corrected chi connectivity index (χ4v) is 4.68. The monoisotopic (exact) mass is 421 g/mol. The van der Waals surface area contributed by atoms with Gasteiger partial charge in [-0.25, -0.2) is 8.42 Å². The van der Waals surface area contributed by atoms with Gasteiger partial charge in [0.1, 0.15) is 22.5 Å². The van der Waals surface area contributed by atoms with Gasteiger partial charge in [0.05, 0.1) is 36.6 Å². The second kappa shape index (κ2) is 8.53. The van der Waals surface area contributed by atoms with Gasteiger partial charge in [0.15, 0.2) is 9.84 Å². The van der Waals surface area contributed by atoms with Crippen LogP contribution in [0.15, 0.2) is 41.3 Å². The molecule has 1 heterocycles. The summed E-state index contributed by atoms with van der Waals surface area (Å²) < 4.78 is 43.8. The number of nitrogens with one attached hydrogen (secondary N) is 1. The first-order chi connectivity index (χ1) is 13.4. The third kappa shape index (κ3) is 4.39. The smallest absolute Gasteiger partial charge is 0.221 e. The average Bonchev–Trinajstić information content (AvgIpc) is 3.19. The molecule has 28 heavy (non-hydrogen) atoms. The second-order valence-corrected chi connectivity index (χ2v) is 8.52. The highest BCUT2D eigenvalue weighted by Crippen LogP contribution is 2.24. The number of amides is 1. The molecule has 0 aliphatic carbocycles. The van der Waals surface area contributed by atoms with Crippen LogP contribution in [-0.2, 0) is 21.2 Å². The molecule has 0 fully saturated rings. The van der Waals surface area contributed by atoms with Crippen LogP contribution in [0, 0.1) is 0 Å². The van der Waals surface area contributed by atoms with Crippen molar-refractivity contribution in [3.63, 3.8) is 0 Å². The molecule has 0 bridgehead atoms. The molecule has 1 aromatic heterocycles. The number of ether oxygens (including phenoxy) is 2. The van der Waals surface area contributed by atoms with Crippen molar-refractivity contribution >= 4 is 38.5 Å². The summed E-state index contributed by atoms with van der Waals surface area (Å²) in [7, 11) is -0.575. The third-order valence-electron chi connectivity index (χ3n) is 4.15. The third-order valence-corrected chi connectivity index (χ3v) is 6.43. The number of rotatable bonds is 8. The van der Waals surface area contributed by atoms with Gasteiger partial charge in [-0.2, -0.15) is 8.75 Å². The van der Waals surface area contributed by atoms with Gasteiger partial charge in [-0.1, -0.05) is 6.07 Å². The summed E-state index contributed by atoms with van der Waals surface area (Å²) in [5.74, 6) is 0.552. The molecule has 0 aliphatic heterocycles. The van der Waals surface area contributed by atoms with Crippen LogP contribution in [0.1, 0.15) is 12.0 Å². The van der Waals surface area contributed by atoms with E-state index in [1.54, 1.807) is 37.4 Å². The van der Waals surface area contributed by atoms with Crippen LogP contribution in [0.2, 0.25) is 0 Å². The van der Waals surface area contributed by atoms with E-state index in [0.29, 0.717) is 22.5 Å². The van der Waals surface area contributed by atoms with Gasteiger partial charge in [0.25, 0.3) is 0 Å². The van der Waals surface area contributed by atoms with Crippen LogP contribution in [0.25, 0.3) is 11.0 Å². The number of carbonyl (C=O) groups is 1. The zero-order valence-electron chi connectivity index (χ0n) is 15.3. The Morgan fingerprint density at radius 1 is 1.14 bits per heavy atom. The number of hydrogen-bond donors (Lipinski definition) is 1. The van der Waals surface area contributed by atoms with Crippen molar-refractivity contribution in [1.29, 1.82) is 0 Å². The van der Waals surface area contributed by atoms with E-state index in [-0.39, 0.29) is 29.5 Å². The lowest BCUT2D eigenvalue weighted by Crippen LogP contribution is -2.25. The maximum Gasteiger partial charge on any atom is 0.221 e. The van der Waals surface area contributed by atoms with Crippen LogP contribution in [0.4, 0.5) is 0 Å². The van der Waals surface area contributed by atoms with Crippen molar-refractivity contribution in [2.24, 2.45) is 0 Å². The Kier molecular flexibility index (Phi) is 6.10. The Morgan fingerprint density at radius 2 is 1.96 bits per heavy atom. The van der Waals surface area contributed by atoms with Crippen LogP contribution < -0.4 is 14.8 Å². The first-order valence-electron chi connectivity index (χ1n) is 8.36. The standard InChI is InChI=1S/C18H19N3O5S2/c1-25-13-6-7-15(26-2)12(10-13)11-19-17(22)8-9-28(23,24)16-5-3-4-14-18(16)21-27-20-14/h3-7,10H,8-9,11H2,1-2H3,(H,19,22). The van der Waals surface area contributed by atoms with Gasteiger partial charge >= 0.3 is 0 Å². The topological polar surface area (TPSA) is 107 Å². The molecule has 3 rings (SSSR count). The highest BCUT2D eigenvalue weighted by Gasteiger charge is 2.21. The number of nitrogens with zero attached hydrogens (tertiary/aromatic N) is 2. The molecule has 148 valence electrons. The predicted molar refractivity (Wildman–Crippen MR) is 105 cm³/mol. The van der Waals surface area contributed by atoms with Crippen molar-refractivity contribution in [1.82, 2.24) is 14.1 Å². The van der Waals surface area contributed by atoms with E-state index in [9.17, 15) is 13.2 Å². The summed E-state index contributed by atoms with van der Waals surface area (Å²) >= 11 is 0.954. The van der Waals surface area contributed by atoms with Crippen LogP contribution >= 0.6 is 11.7 Å². The molecule has 2 aromatic carbocycles. The molecule has 0 aliphatic rings. The molecular weight excluding hydrogens is 402 g/mol. The zero-order valence-corrected chi connectivity index (χ0v) is 17.0. The zero-order chi connectivity index (χ0) is 20.1. The summed E-state index contributed by atoms with van der Waals surface area (Å²) in [6.45, 7) is 0.199. The molecule has 10 heteroatoms.